The maximum Gasteiger partial charge on any atom is 0.229 e. The van der Waals surface area contributed by atoms with Gasteiger partial charge in [-0.05, 0) is 0 Å². The first-order valence-corrected chi connectivity index (χ1v) is 7.56. The van der Waals surface area contributed by atoms with Gasteiger partial charge in [-0.2, -0.15) is 9.97 Å². The van der Waals surface area contributed by atoms with Crippen LogP contribution in [0, 0.1) is 0 Å². The summed E-state index contributed by atoms with van der Waals surface area (Å²) in [6.45, 7) is 6.04. The van der Waals surface area contributed by atoms with Crippen molar-refractivity contribution < 1.29 is 9.47 Å². The lowest BCUT2D eigenvalue weighted by Gasteiger charge is -2.30. The van der Waals surface area contributed by atoms with Crippen molar-refractivity contribution in [3.63, 3.8) is 0 Å². The van der Waals surface area contributed by atoms with Crippen molar-refractivity contribution in [1.29, 1.82) is 0 Å². The molecular weight excluding hydrogens is 284 g/mol. The average Bonchev–Trinajstić information content (AvgIpc) is 2.62. The fourth-order valence-corrected chi connectivity index (χ4v) is 2.74. The van der Waals surface area contributed by atoms with Crippen LogP contribution in [0.2, 0.25) is 0 Å². The van der Waals surface area contributed by atoms with Crippen LogP contribution in [-0.4, -0.2) is 72.5 Å². The van der Waals surface area contributed by atoms with Crippen LogP contribution < -0.4 is 9.80 Å². The summed E-state index contributed by atoms with van der Waals surface area (Å²) in [6, 6.07) is 0. The normalized spacial score (nSPS) is 19.6. The van der Waals surface area contributed by atoms with Crippen LogP contribution in [0.3, 0.4) is 0 Å². The lowest BCUT2D eigenvalue weighted by molar-refractivity contribution is 0.121. The second-order valence-electron chi connectivity index (χ2n) is 5.27. The third kappa shape index (κ3) is 2.55. The van der Waals surface area contributed by atoms with Crippen LogP contribution in [0.15, 0.2) is 12.4 Å². The van der Waals surface area contributed by atoms with Crippen LogP contribution in [0.5, 0.6) is 0 Å². The molecule has 2 aromatic heterocycles. The molecule has 0 spiro atoms. The topological polar surface area (TPSA) is 76.5 Å². The maximum absolute atomic E-state index is 5.43. The minimum absolute atomic E-state index is 0.639. The molecule has 2 aromatic rings. The van der Waals surface area contributed by atoms with Crippen molar-refractivity contribution in [2.45, 2.75) is 0 Å². The molecule has 0 aliphatic carbocycles. The summed E-state index contributed by atoms with van der Waals surface area (Å²) in [7, 11) is 0. The van der Waals surface area contributed by atoms with E-state index in [1.807, 2.05) is 0 Å². The van der Waals surface area contributed by atoms with Gasteiger partial charge in [0.1, 0.15) is 0 Å². The van der Waals surface area contributed by atoms with E-state index in [0.717, 1.165) is 37.5 Å². The Morgan fingerprint density at radius 1 is 0.773 bits per heavy atom. The zero-order chi connectivity index (χ0) is 14.8. The molecular formula is C14H18N6O2. The maximum atomic E-state index is 5.43. The second-order valence-corrected chi connectivity index (χ2v) is 5.27. The fraction of sp³-hybridized carbons (Fsp3) is 0.571. The quantitative estimate of drug-likeness (QED) is 0.773. The number of anilines is 2. The summed E-state index contributed by atoms with van der Waals surface area (Å²) in [5.41, 5.74) is 1.39. The van der Waals surface area contributed by atoms with Crippen molar-refractivity contribution >= 4 is 22.9 Å². The highest BCUT2D eigenvalue weighted by Crippen LogP contribution is 2.24. The molecule has 116 valence electrons. The molecule has 0 N–H and O–H groups in total. The Hall–Kier alpha value is -2.06. The van der Waals surface area contributed by atoms with Gasteiger partial charge in [0.2, 0.25) is 5.95 Å². The Bertz CT molecular complexity index is 655. The predicted octanol–water partition coefficient (Wildman–Crippen LogP) is 0.0930. The van der Waals surface area contributed by atoms with Crippen molar-refractivity contribution in [3.05, 3.63) is 12.4 Å². The van der Waals surface area contributed by atoms with E-state index in [1.54, 1.807) is 12.4 Å². The van der Waals surface area contributed by atoms with Gasteiger partial charge < -0.3 is 19.3 Å². The molecule has 0 bridgehead atoms. The lowest BCUT2D eigenvalue weighted by Crippen LogP contribution is -2.39. The highest BCUT2D eigenvalue weighted by molar-refractivity contribution is 5.84. The minimum Gasteiger partial charge on any atom is -0.378 e. The molecule has 2 saturated heterocycles. The Balaban J connectivity index is 1.78. The molecule has 2 aliphatic rings. The number of hydrogen-bond acceptors (Lipinski definition) is 8. The first-order chi connectivity index (χ1) is 10.9. The molecule has 4 heterocycles. The van der Waals surface area contributed by atoms with Gasteiger partial charge in [0.15, 0.2) is 17.0 Å². The van der Waals surface area contributed by atoms with E-state index in [-0.39, 0.29) is 0 Å². The van der Waals surface area contributed by atoms with Gasteiger partial charge in [-0.1, -0.05) is 0 Å². The van der Waals surface area contributed by atoms with Gasteiger partial charge in [-0.25, -0.2) is 9.97 Å². The molecule has 0 unspecified atom stereocenters. The SMILES string of the molecule is c1cnc2c(N3CCOCC3)nc(N3CCOCC3)nc2n1. The summed E-state index contributed by atoms with van der Waals surface area (Å²) in [5, 5.41) is 0. The van der Waals surface area contributed by atoms with Gasteiger partial charge in [0, 0.05) is 38.6 Å². The molecule has 8 heteroatoms. The van der Waals surface area contributed by atoms with Crippen molar-refractivity contribution in [2.75, 3.05) is 62.4 Å². The molecule has 0 amide bonds. The number of nitrogens with zero attached hydrogens (tertiary/aromatic N) is 6. The summed E-state index contributed by atoms with van der Waals surface area (Å²) in [5.74, 6) is 1.56. The highest BCUT2D eigenvalue weighted by Gasteiger charge is 2.21. The van der Waals surface area contributed by atoms with Gasteiger partial charge in [0.25, 0.3) is 0 Å². The number of morpholine rings is 2. The average molecular weight is 302 g/mol. The first-order valence-electron chi connectivity index (χ1n) is 7.56. The molecule has 0 radical (unpaired) electrons. The van der Waals surface area contributed by atoms with Crippen LogP contribution in [0.4, 0.5) is 11.8 Å². The molecule has 0 saturated carbocycles. The van der Waals surface area contributed by atoms with E-state index in [9.17, 15) is 0 Å². The predicted molar refractivity (Wildman–Crippen MR) is 81.2 cm³/mol. The zero-order valence-corrected chi connectivity index (χ0v) is 12.3. The highest BCUT2D eigenvalue weighted by atomic mass is 16.5. The third-order valence-electron chi connectivity index (χ3n) is 3.91. The van der Waals surface area contributed by atoms with E-state index in [0.29, 0.717) is 38.0 Å². The molecule has 8 nitrogen and oxygen atoms in total. The number of ether oxygens (including phenoxy) is 2. The van der Waals surface area contributed by atoms with E-state index in [4.69, 9.17) is 14.5 Å². The smallest absolute Gasteiger partial charge is 0.229 e. The van der Waals surface area contributed by atoms with Crippen molar-refractivity contribution in [3.8, 4) is 0 Å². The summed E-state index contributed by atoms with van der Waals surface area (Å²) >= 11 is 0. The molecule has 22 heavy (non-hydrogen) atoms. The monoisotopic (exact) mass is 302 g/mol. The van der Waals surface area contributed by atoms with Crippen LogP contribution in [-0.2, 0) is 9.47 Å². The Morgan fingerprint density at radius 2 is 1.41 bits per heavy atom. The second kappa shape index (κ2) is 5.98. The van der Waals surface area contributed by atoms with Crippen LogP contribution in [0.25, 0.3) is 11.2 Å². The number of hydrogen-bond donors (Lipinski definition) is 0. The number of aromatic nitrogens is 4. The van der Waals surface area contributed by atoms with Gasteiger partial charge in [-0.15, -0.1) is 0 Å². The van der Waals surface area contributed by atoms with Gasteiger partial charge in [0.05, 0.1) is 26.4 Å². The Kier molecular flexibility index (Phi) is 3.69. The van der Waals surface area contributed by atoms with E-state index >= 15 is 0 Å². The summed E-state index contributed by atoms with van der Waals surface area (Å²) in [4.78, 5) is 22.5. The molecule has 2 fully saturated rings. The molecule has 0 aromatic carbocycles. The number of fused-ring (bicyclic) bond motifs is 1. The van der Waals surface area contributed by atoms with E-state index in [1.165, 1.54) is 0 Å². The number of rotatable bonds is 2. The largest absolute Gasteiger partial charge is 0.378 e. The van der Waals surface area contributed by atoms with Gasteiger partial charge >= 0.3 is 0 Å². The minimum atomic E-state index is 0.639. The van der Waals surface area contributed by atoms with E-state index in [2.05, 4.69) is 24.8 Å². The Labute approximate surface area is 128 Å². The van der Waals surface area contributed by atoms with Gasteiger partial charge in [-0.3, -0.25) is 0 Å². The van der Waals surface area contributed by atoms with E-state index < -0.39 is 0 Å². The van der Waals surface area contributed by atoms with Crippen molar-refractivity contribution in [2.24, 2.45) is 0 Å². The summed E-state index contributed by atoms with van der Waals surface area (Å²) < 4.78 is 10.8. The Morgan fingerprint density at radius 3 is 2.14 bits per heavy atom. The molecule has 0 atom stereocenters. The molecule has 4 rings (SSSR count). The van der Waals surface area contributed by atoms with Crippen LogP contribution >= 0.6 is 0 Å². The lowest BCUT2D eigenvalue weighted by atomic mass is 10.3. The molecule has 2 aliphatic heterocycles. The van der Waals surface area contributed by atoms with Crippen LogP contribution in [0.1, 0.15) is 0 Å². The van der Waals surface area contributed by atoms with Crippen molar-refractivity contribution in [1.82, 2.24) is 19.9 Å². The zero-order valence-electron chi connectivity index (χ0n) is 12.3. The standard InChI is InChI=1S/C14H18N6O2/c1-2-16-12-11(15-1)13(19-3-7-21-8-4-19)18-14(17-12)20-5-9-22-10-6-20/h1-2H,3-10H2. The third-order valence-corrected chi connectivity index (χ3v) is 3.91. The fourth-order valence-electron chi connectivity index (χ4n) is 2.74. The summed E-state index contributed by atoms with van der Waals surface area (Å²) in [6.07, 6.45) is 3.35. The first kappa shape index (κ1) is 13.6.